The Morgan fingerprint density at radius 2 is 2.00 bits per heavy atom. The topological polar surface area (TPSA) is 72.0 Å². The van der Waals surface area contributed by atoms with Crippen LogP contribution in [-0.2, 0) is 0 Å². The largest absolute Gasteiger partial charge is 0.467 e. The van der Waals surface area contributed by atoms with Crippen LogP contribution in [0.3, 0.4) is 0 Å². The Morgan fingerprint density at radius 1 is 1.20 bits per heavy atom. The average Bonchev–Trinajstić information content (AvgIpc) is 2.45. The predicted molar refractivity (Wildman–Crippen MR) is 79.9 cm³/mol. The summed E-state index contributed by atoms with van der Waals surface area (Å²) in [7, 11) is 1.52. The molecular formula is C13H16ClN5O. The van der Waals surface area contributed by atoms with Gasteiger partial charge in [-0.15, -0.1) is 0 Å². The zero-order valence-corrected chi connectivity index (χ0v) is 12.1. The molecule has 0 bridgehead atoms. The van der Waals surface area contributed by atoms with Crippen molar-refractivity contribution >= 4 is 29.2 Å². The van der Waals surface area contributed by atoms with E-state index in [4.69, 9.17) is 16.3 Å². The van der Waals surface area contributed by atoms with Gasteiger partial charge < -0.3 is 15.4 Å². The molecule has 1 aromatic carbocycles. The van der Waals surface area contributed by atoms with E-state index in [1.165, 1.54) is 7.11 Å². The van der Waals surface area contributed by atoms with Crippen LogP contribution in [0.5, 0.6) is 6.01 Å². The maximum atomic E-state index is 5.94. The molecule has 0 saturated heterocycles. The maximum absolute atomic E-state index is 5.94. The Bertz CT molecular complexity index is 578. The first-order valence-corrected chi connectivity index (χ1v) is 6.65. The van der Waals surface area contributed by atoms with Crippen molar-refractivity contribution in [2.45, 2.75) is 13.3 Å². The van der Waals surface area contributed by atoms with Gasteiger partial charge in [0.1, 0.15) is 0 Å². The first kappa shape index (κ1) is 14.3. The molecule has 0 atom stereocenters. The molecule has 0 aliphatic heterocycles. The molecule has 20 heavy (non-hydrogen) atoms. The summed E-state index contributed by atoms with van der Waals surface area (Å²) in [5.41, 5.74) is 0.798. The van der Waals surface area contributed by atoms with E-state index < -0.39 is 0 Å². The third-order valence-corrected chi connectivity index (χ3v) is 2.65. The van der Waals surface area contributed by atoms with Gasteiger partial charge in [0.15, 0.2) is 0 Å². The summed E-state index contributed by atoms with van der Waals surface area (Å²) < 4.78 is 5.07. The molecule has 1 heterocycles. The average molecular weight is 294 g/mol. The summed E-state index contributed by atoms with van der Waals surface area (Å²) in [6, 6.07) is 7.56. The number of nitrogens with one attached hydrogen (secondary N) is 2. The minimum absolute atomic E-state index is 0.253. The van der Waals surface area contributed by atoms with Crippen LogP contribution in [0.4, 0.5) is 17.6 Å². The molecule has 7 heteroatoms. The molecule has 2 N–H and O–H groups in total. The monoisotopic (exact) mass is 293 g/mol. The normalized spacial score (nSPS) is 10.2. The molecule has 0 unspecified atom stereocenters. The Hall–Kier alpha value is -2.08. The van der Waals surface area contributed by atoms with Gasteiger partial charge in [-0.2, -0.15) is 15.0 Å². The summed E-state index contributed by atoms with van der Waals surface area (Å²) in [4.78, 5) is 12.5. The van der Waals surface area contributed by atoms with E-state index in [-0.39, 0.29) is 6.01 Å². The van der Waals surface area contributed by atoms with E-state index in [0.717, 1.165) is 18.7 Å². The van der Waals surface area contributed by atoms with Gasteiger partial charge in [0.25, 0.3) is 0 Å². The lowest BCUT2D eigenvalue weighted by molar-refractivity contribution is 0.379. The van der Waals surface area contributed by atoms with Gasteiger partial charge in [-0.3, -0.25) is 0 Å². The van der Waals surface area contributed by atoms with Crippen molar-refractivity contribution in [2.75, 3.05) is 24.3 Å². The van der Waals surface area contributed by atoms with Crippen LogP contribution in [0.15, 0.2) is 24.3 Å². The maximum Gasteiger partial charge on any atom is 0.322 e. The van der Waals surface area contributed by atoms with Crippen LogP contribution >= 0.6 is 11.6 Å². The lowest BCUT2D eigenvalue weighted by Gasteiger charge is -2.09. The van der Waals surface area contributed by atoms with E-state index in [9.17, 15) is 0 Å². The summed E-state index contributed by atoms with van der Waals surface area (Å²) in [5, 5.41) is 6.81. The number of rotatable bonds is 6. The highest BCUT2D eigenvalue weighted by Crippen LogP contribution is 2.19. The van der Waals surface area contributed by atoms with E-state index in [1.807, 2.05) is 12.1 Å². The quantitative estimate of drug-likeness (QED) is 0.853. The number of nitrogens with zero attached hydrogens (tertiary/aromatic N) is 3. The van der Waals surface area contributed by atoms with Gasteiger partial charge in [0.2, 0.25) is 11.9 Å². The molecule has 106 valence electrons. The minimum atomic E-state index is 0.253. The number of halogens is 1. The van der Waals surface area contributed by atoms with E-state index >= 15 is 0 Å². The van der Waals surface area contributed by atoms with Gasteiger partial charge in [-0.1, -0.05) is 24.6 Å². The lowest BCUT2D eigenvalue weighted by Crippen LogP contribution is -2.08. The second-order valence-corrected chi connectivity index (χ2v) is 4.47. The van der Waals surface area contributed by atoms with Crippen molar-refractivity contribution in [1.29, 1.82) is 0 Å². The fourth-order valence-corrected chi connectivity index (χ4v) is 1.71. The van der Waals surface area contributed by atoms with Crippen molar-refractivity contribution in [3.63, 3.8) is 0 Å². The van der Waals surface area contributed by atoms with Crippen molar-refractivity contribution in [3.8, 4) is 6.01 Å². The lowest BCUT2D eigenvalue weighted by atomic mass is 10.3. The Kier molecular flexibility index (Phi) is 4.95. The third kappa shape index (κ3) is 3.96. The summed E-state index contributed by atoms with van der Waals surface area (Å²) >= 11 is 5.94. The summed E-state index contributed by atoms with van der Waals surface area (Å²) in [6.45, 7) is 2.85. The van der Waals surface area contributed by atoms with Crippen LogP contribution < -0.4 is 15.4 Å². The fourth-order valence-electron chi connectivity index (χ4n) is 1.51. The molecule has 0 amide bonds. The molecule has 0 fully saturated rings. The molecule has 0 spiro atoms. The van der Waals surface area contributed by atoms with Crippen LogP contribution in [0, 0.1) is 0 Å². The van der Waals surface area contributed by atoms with E-state index in [1.54, 1.807) is 12.1 Å². The molecule has 6 nitrogen and oxygen atoms in total. The standard InChI is InChI=1S/C13H16ClN5O/c1-3-7-15-11-17-12(19-13(18-11)20-2)16-10-6-4-5-9(14)8-10/h4-6,8H,3,7H2,1-2H3,(H2,15,16,17,18,19). The van der Waals surface area contributed by atoms with Crippen molar-refractivity contribution < 1.29 is 4.74 Å². The SMILES string of the molecule is CCCNc1nc(Nc2cccc(Cl)c2)nc(OC)n1. The van der Waals surface area contributed by atoms with E-state index in [2.05, 4.69) is 32.5 Å². The third-order valence-electron chi connectivity index (χ3n) is 2.41. The highest BCUT2D eigenvalue weighted by atomic mass is 35.5. The molecule has 2 rings (SSSR count). The van der Waals surface area contributed by atoms with Crippen LogP contribution in [0.25, 0.3) is 0 Å². The molecule has 2 aromatic rings. The van der Waals surface area contributed by atoms with E-state index in [0.29, 0.717) is 16.9 Å². The number of anilines is 3. The van der Waals surface area contributed by atoms with Crippen LogP contribution in [0.2, 0.25) is 5.02 Å². The first-order chi connectivity index (χ1) is 9.71. The Labute approximate surface area is 122 Å². The van der Waals surface area contributed by atoms with Crippen LogP contribution in [0.1, 0.15) is 13.3 Å². The predicted octanol–water partition coefficient (Wildman–Crippen LogP) is 3.10. The number of hydrogen-bond acceptors (Lipinski definition) is 6. The molecule has 0 saturated carbocycles. The van der Waals surface area contributed by atoms with Crippen molar-refractivity contribution in [2.24, 2.45) is 0 Å². The minimum Gasteiger partial charge on any atom is -0.467 e. The molecule has 1 aromatic heterocycles. The second kappa shape index (κ2) is 6.91. The smallest absolute Gasteiger partial charge is 0.322 e. The summed E-state index contributed by atoms with van der Waals surface area (Å²) in [6.07, 6.45) is 0.977. The second-order valence-electron chi connectivity index (χ2n) is 4.03. The molecule has 0 aliphatic carbocycles. The number of benzene rings is 1. The number of methoxy groups -OCH3 is 1. The number of aromatic nitrogens is 3. The zero-order valence-electron chi connectivity index (χ0n) is 11.4. The highest BCUT2D eigenvalue weighted by Gasteiger charge is 2.07. The van der Waals surface area contributed by atoms with Crippen LogP contribution in [-0.4, -0.2) is 28.6 Å². The fraction of sp³-hybridized carbons (Fsp3) is 0.308. The van der Waals surface area contributed by atoms with Gasteiger partial charge in [0.05, 0.1) is 7.11 Å². The van der Waals surface area contributed by atoms with Crippen molar-refractivity contribution in [1.82, 2.24) is 15.0 Å². The van der Waals surface area contributed by atoms with Gasteiger partial charge in [-0.25, -0.2) is 0 Å². The number of ether oxygens (including phenoxy) is 1. The van der Waals surface area contributed by atoms with Gasteiger partial charge in [-0.05, 0) is 24.6 Å². The Balaban J connectivity index is 2.21. The summed E-state index contributed by atoms with van der Waals surface area (Å²) in [5.74, 6) is 0.876. The molecule has 0 aliphatic rings. The molecule has 0 radical (unpaired) electrons. The first-order valence-electron chi connectivity index (χ1n) is 6.28. The zero-order chi connectivity index (χ0) is 14.4. The highest BCUT2D eigenvalue weighted by molar-refractivity contribution is 6.30. The Morgan fingerprint density at radius 3 is 2.70 bits per heavy atom. The van der Waals surface area contributed by atoms with Gasteiger partial charge in [0, 0.05) is 17.3 Å². The number of hydrogen-bond donors (Lipinski definition) is 2. The van der Waals surface area contributed by atoms with Gasteiger partial charge >= 0.3 is 6.01 Å². The molecular weight excluding hydrogens is 278 g/mol. The van der Waals surface area contributed by atoms with Crippen molar-refractivity contribution in [3.05, 3.63) is 29.3 Å².